The topological polar surface area (TPSA) is 48.9 Å². The van der Waals surface area contributed by atoms with Crippen LogP contribution in [0.15, 0.2) is 29.3 Å². The minimum absolute atomic E-state index is 0.425. The van der Waals surface area contributed by atoms with Crippen molar-refractivity contribution in [1.29, 1.82) is 0 Å². The maximum atomic E-state index is 5.59. The number of anilines is 1. The molecule has 1 aromatic carbocycles. The van der Waals surface area contributed by atoms with Crippen LogP contribution >= 0.6 is 0 Å². The number of nitrogens with one attached hydrogen (secondary N) is 2. The Labute approximate surface area is 146 Å². The summed E-state index contributed by atoms with van der Waals surface area (Å²) >= 11 is 0. The molecule has 5 heteroatoms. The molecule has 1 aromatic rings. The molecular formula is C19H32N4O. The quantitative estimate of drug-likeness (QED) is 0.457. The van der Waals surface area contributed by atoms with E-state index in [9.17, 15) is 0 Å². The number of rotatable bonds is 7. The molecule has 5 nitrogen and oxygen atoms in total. The zero-order valence-corrected chi connectivity index (χ0v) is 15.5. The van der Waals surface area contributed by atoms with Crippen LogP contribution in [0.3, 0.4) is 0 Å². The summed E-state index contributed by atoms with van der Waals surface area (Å²) in [6.07, 6.45) is 1.12. The molecule has 24 heavy (non-hydrogen) atoms. The van der Waals surface area contributed by atoms with Crippen LogP contribution in [0.5, 0.6) is 0 Å². The van der Waals surface area contributed by atoms with Gasteiger partial charge in [0, 0.05) is 45.0 Å². The minimum Gasteiger partial charge on any atom is -0.379 e. The van der Waals surface area contributed by atoms with E-state index in [0.717, 1.165) is 38.6 Å². The van der Waals surface area contributed by atoms with Crippen molar-refractivity contribution in [1.82, 2.24) is 10.6 Å². The minimum atomic E-state index is 0.425. The molecule has 2 rings (SSSR count). The Morgan fingerprint density at radius 2 is 2.08 bits per heavy atom. The fourth-order valence-corrected chi connectivity index (χ4v) is 2.82. The lowest BCUT2D eigenvalue weighted by atomic mass is 10.2. The first-order valence-corrected chi connectivity index (χ1v) is 8.95. The zero-order valence-electron chi connectivity index (χ0n) is 15.5. The van der Waals surface area contributed by atoms with Crippen LogP contribution in [0.25, 0.3) is 0 Å². The Kier molecular flexibility index (Phi) is 7.37. The number of hydrogen-bond acceptors (Lipinski definition) is 3. The summed E-state index contributed by atoms with van der Waals surface area (Å²) in [4.78, 5) is 6.74. The smallest absolute Gasteiger partial charge is 0.191 e. The Morgan fingerprint density at radius 3 is 2.75 bits per heavy atom. The zero-order chi connectivity index (χ0) is 17.4. The summed E-state index contributed by atoms with van der Waals surface area (Å²) < 4.78 is 5.59. The van der Waals surface area contributed by atoms with Crippen LogP contribution in [0.4, 0.5) is 5.69 Å². The molecule has 1 aliphatic heterocycles. The molecule has 0 amide bonds. The predicted octanol–water partition coefficient (Wildman–Crippen LogP) is 2.41. The van der Waals surface area contributed by atoms with Crippen molar-refractivity contribution in [2.75, 3.05) is 44.8 Å². The molecule has 2 N–H and O–H groups in total. The van der Waals surface area contributed by atoms with Crippen LogP contribution in [0.1, 0.15) is 25.8 Å². The monoisotopic (exact) mass is 332 g/mol. The van der Waals surface area contributed by atoms with Gasteiger partial charge in [0.15, 0.2) is 5.96 Å². The number of ether oxygens (including phenoxy) is 1. The number of benzene rings is 1. The van der Waals surface area contributed by atoms with Gasteiger partial charge in [0.1, 0.15) is 0 Å². The van der Waals surface area contributed by atoms with E-state index in [-0.39, 0.29) is 0 Å². The maximum absolute atomic E-state index is 5.59. The lowest BCUT2D eigenvalue weighted by Crippen LogP contribution is -2.45. The van der Waals surface area contributed by atoms with Crippen molar-refractivity contribution in [3.8, 4) is 0 Å². The van der Waals surface area contributed by atoms with Crippen LogP contribution in [-0.4, -0.2) is 51.9 Å². The average molecular weight is 332 g/mol. The molecule has 1 heterocycles. The van der Waals surface area contributed by atoms with E-state index >= 15 is 0 Å². The van der Waals surface area contributed by atoms with Gasteiger partial charge in [-0.2, -0.15) is 0 Å². The van der Waals surface area contributed by atoms with E-state index in [4.69, 9.17) is 4.74 Å². The highest BCUT2D eigenvalue weighted by Crippen LogP contribution is 2.20. The molecule has 0 aromatic heterocycles. The molecular weight excluding hydrogens is 300 g/mol. The van der Waals surface area contributed by atoms with Gasteiger partial charge in [0.05, 0.1) is 6.61 Å². The highest BCUT2D eigenvalue weighted by molar-refractivity contribution is 5.80. The average Bonchev–Trinajstić information content (AvgIpc) is 3.02. The van der Waals surface area contributed by atoms with E-state index < -0.39 is 0 Å². The number of hydrogen-bond donors (Lipinski definition) is 2. The molecule has 0 bridgehead atoms. The van der Waals surface area contributed by atoms with Crippen molar-refractivity contribution >= 4 is 11.6 Å². The number of aryl methyl sites for hydroxylation is 1. The first kappa shape index (κ1) is 18.6. The molecule has 1 aliphatic rings. The summed E-state index contributed by atoms with van der Waals surface area (Å²) in [5.74, 6) is 1.44. The molecule has 134 valence electrons. The lowest BCUT2D eigenvalue weighted by Gasteiger charge is -2.20. The highest BCUT2D eigenvalue weighted by Gasteiger charge is 2.23. The highest BCUT2D eigenvalue weighted by atomic mass is 16.5. The molecule has 0 saturated carbocycles. The number of aliphatic imine (C=N–C) groups is 1. The molecule has 0 spiro atoms. The van der Waals surface area contributed by atoms with E-state index in [1.165, 1.54) is 11.3 Å². The van der Waals surface area contributed by atoms with Gasteiger partial charge in [-0.05, 0) is 31.4 Å². The second-order valence-electron chi connectivity index (χ2n) is 6.88. The predicted molar refractivity (Wildman–Crippen MR) is 102 cm³/mol. The van der Waals surface area contributed by atoms with Crippen molar-refractivity contribution in [2.24, 2.45) is 10.9 Å². The summed E-state index contributed by atoms with van der Waals surface area (Å²) in [6, 6.07) is 9.18. The van der Waals surface area contributed by atoms with Gasteiger partial charge in [-0.3, -0.25) is 4.99 Å². The standard InChI is InChI=1S/C19H32N4O/c1-15(2)14-24-12-10-21-19(20-4)22-17-9-11-23(13-17)18-7-5-16(3)6-8-18/h5-8,15,17H,9-14H2,1-4H3,(H2,20,21,22). The summed E-state index contributed by atoms with van der Waals surface area (Å²) in [6.45, 7) is 10.8. The third-order valence-electron chi connectivity index (χ3n) is 4.14. The Hall–Kier alpha value is -1.75. The Bertz CT molecular complexity index is 513. The van der Waals surface area contributed by atoms with E-state index in [1.54, 1.807) is 0 Å². The van der Waals surface area contributed by atoms with Crippen LogP contribution < -0.4 is 15.5 Å². The second-order valence-corrected chi connectivity index (χ2v) is 6.88. The van der Waals surface area contributed by atoms with Crippen LogP contribution in [-0.2, 0) is 4.74 Å². The van der Waals surface area contributed by atoms with Gasteiger partial charge < -0.3 is 20.3 Å². The van der Waals surface area contributed by atoms with Crippen molar-refractivity contribution in [3.63, 3.8) is 0 Å². The van der Waals surface area contributed by atoms with Crippen molar-refractivity contribution in [3.05, 3.63) is 29.8 Å². The molecule has 1 fully saturated rings. The Morgan fingerprint density at radius 1 is 1.33 bits per heavy atom. The molecule has 1 saturated heterocycles. The second kappa shape index (κ2) is 9.52. The van der Waals surface area contributed by atoms with Gasteiger partial charge in [-0.25, -0.2) is 0 Å². The van der Waals surface area contributed by atoms with Gasteiger partial charge in [0.2, 0.25) is 0 Å². The molecule has 1 unspecified atom stereocenters. The summed E-state index contributed by atoms with van der Waals surface area (Å²) in [7, 11) is 1.82. The maximum Gasteiger partial charge on any atom is 0.191 e. The van der Waals surface area contributed by atoms with Crippen molar-refractivity contribution < 1.29 is 4.74 Å². The largest absolute Gasteiger partial charge is 0.379 e. The van der Waals surface area contributed by atoms with Gasteiger partial charge >= 0.3 is 0 Å². The Balaban J connectivity index is 1.71. The molecule has 1 atom stereocenters. The van der Waals surface area contributed by atoms with E-state index in [0.29, 0.717) is 18.6 Å². The van der Waals surface area contributed by atoms with Gasteiger partial charge in [-0.15, -0.1) is 0 Å². The van der Waals surface area contributed by atoms with Crippen molar-refractivity contribution in [2.45, 2.75) is 33.2 Å². The summed E-state index contributed by atoms with van der Waals surface area (Å²) in [5.41, 5.74) is 2.60. The summed E-state index contributed by atoms with van der Waals surface area (Å²) in [5, 5.41) is 6.85. The fraction of sp³-hybridized carbons (Fsp3) is 0.632. The molecule has 0 aliphatic carbocycles. The first-order chi connectivity index (χ1) is 11.6. The number of nitrogens with zero attached hydrogens (tertiary/aromatic N) is 2. The number of guanidine groups is 1. The first-order valence-electron chi connectivity index (χ1n) is 8.95. The van der Waals surface area contributed by atoms with Crippen LogP contribution in [0.2, 0.25) is 0 Å². The molecule has 0 radical (unpaired) electrons. The van der Waals surface area contributed by atoms with Gasteiger partial charge in [-0.1, -0.05) is 31.5 Å². The lowest BCUT2D eigenvalue weighted by molar-refractivity contribution is 0.114. The van der Waals surface area contributed by atoms with E-state index in [1.807, 2.05) is 7.05 Å². The van der Waals surface area contributed by atoms with Gasteiger partial charge in [0.25, 0.3) is 0 Å². The third-order valence-corrected chi connectivity index (χ3v) is 4.14. The van der Waals surface area contributed by atoms with E-state index in [2.05, 4.69) is 65.6 Å². The fourth-order valence-electron chi connectivity index (χ4n) is 2.82. The van der Waals surface area contributed by atoms with Crippen LogP contribution in [0, 0.1) is 12.8 Å². The normalized spacial score (nSPS) is 18.3. The third kappa shape index (κ3) is 6.04. The SMILES string of the molecule is CN=C(NCCOCC(C)C)NC1CCN(c2ccc(C)cc2)C1.